The molecular formula is C11H18N2OS. The van der Waals surface area contributed by atoms with Crippen LogP contribution in [0.5, 0.6) is 0 Å². The van der Waals surface area contributed by atoms with E-state index in [0.717, 1.165) is 28.7 Å². The Kier molecular flexibility index (Phi) is 4.27. The zero-order chi connectivity index (χ0) is 11.4. The van der Waals surface area contributed by atoms with Crippen molar-refractivity contribution in [2.24, 2.45) is 0 Å². The molecule has 0 saturated heterocycles. The Bertz CT molecular complexity index is 346. The highest BCUT2D eigenvalue weighted by molar-refractivity contribution is 7.17. The molecule has 0 aliphatic rings. The van der Waals surface area contributed by atoms with Crippen molar-refractivity contribution in [3.8, 4) is 0 Å². The van der Waals surface area contributed by atoms with Gasteiger partial charge >= 0.3 is 0 Å². The molecule has 0 fully saturated rings. The molecular weight excluding hydrogens is 208 g/mol. The number of anilines is 1. The van der Waals surface area contributed by atoms with Gasteiger partial charge in [-0.05, 0) is 13.3 Å². The molecule has 0 N–H and O–H groups in total. The second-order valence-corrected chi connectivity index (χ2v) is 4.72. The average Bonchev–Trinajstić information content (AvgIpc) is 2.56. The number of nitrogens with zero attached hydrogens (tertiary/aromatic N) is 2. The second kappa shape index (κ2) is 5.26. The predicted octanol–water partition coefficient (Wildman–Crippen LogP) is 2.89. The molecule has 3 nitrogen and oxygen atoms in total. The summed E-state index contributed by atoms with van der Waals surface area (Å²) in [4.78, 5) is 18.6. The molecule has 0 aliphatic heterocycles. The summed E-state index contributed by atoms with van der Waals surface area (Å²) in [6, 6.07) is 0. The number of rotatable bonds is 5. The van der Waals surface area contributed by atoms with Gasteiger partial charge in [0.2, 0.25) is 0 Å². The van der Waals surface area contributed by atoms with Gasteiger partial charge in [-0.3, -0.25) is 4.79 Å². The normalized spacial score (nSPS) is 10.4. The van der Waals surface area contributed by atoms with Crippen molar-refractivity contribution in [2.75, 3.05) is 18.5 Å². The first kappa shape index (κ1) is 12.2. The van der Waals surface area contributed by atoms with Crippen LogP contribution >= 0.6 is 11.3 Å². The maximum absolute atomic E-state index is 11.3. The summed E-state index contributed by atoms with van der Waals surface area (Å²) >= 11 is 1.49. The van der Waals surface area contributed by atoms with Crippen molar-refractivity contribution in [1.29, 1.82) is 0 Å². The van der Waals surface area contributed by atoms with Crippen LogP contribution in [0.4, 0.5) is 5.13 Å². The molecule has 1 aromatic heterocycles. The molecule has 1 rings (SSSR count). The Morgan fingerprint density at radius 3 is 2.67 bits per heavy atom. The lowest BCUT2D eigenvalue weighted by Crippen LogP contribution is -2.17. The monoisotopic (exact) mass is 226 g/mol. The van der Waals surface area contributed by atoms with Gasteiger partial charge < -0.3 is 4.90 Å². The summed E-state index contributed by atoms with van der Waals surface area (Å²) in [6.45, 7) is 6.66. The molecule has 0 amide bonds. The quantitative estimate of drug-likeness (QED) is 0.724. The van der Waals surface area contributed by atoms with Gasteiger partial charge in [0, 0.05) is 20.5 Å². The maximum atomic E-state index is 11.3. The van der Waals surface area contributed by atoms with E-state index in [1.165, 1.54) is 17.8 Å². The van der Waals surface area contributed by atoms with E-state index in [1.807, 2.05) is 14.0 Å². The van der Waals surface area contributed by atoms with Crippen molar-refractivity contribution < 1.29 is 4.79 Å². The summed E-state index contributed by atoms with van der Waals surface area (Å²) in [6.07, 6.45) is 2.33. The van der Waals surface area contributed by atoms with Gasteiger partial charge in [0.05, 0.1) is 10.6 Å². The Morgan fingerprint density at radius 2 is 2.20 bits per heavy atom. The van der Waals surface area contributed by atoms with Crippen molar-refractivity contribution in [3.05, 3.63) is 10.6 Å². The van der Waals surface area contributed by atoms with Gasteiger partial charge in [0.25, 0.3) is 0 Å². The lowest BCUT2D eigenvalue weighted by atomic mass is 10.3. The van der Waals surface area contributed by atoms with Crippen LogP contribution in [0.25, 0.3) is 0 Å². The van der Waals surface area contributed by atoms with Crippen LogP contribution in [0.2, 0.25) is 0 Å². The molecule has 0 aliphatic carbocycles. The minimum atomic E-state index is 0.111. The van der Waals surface area contributed by atoms with Gasteiger partial charge in [-0.25, -0.2) is 4.98 Å². The molecule has 0 spiro atoms. The average molecular weight is 226 g/mol. The third kappa shape index (κ3) is 3.02. The summed E-state index contributed by atoms with van der Waals surface area (Å²) in [5, 5.41) is 0.950. The van der Waals surface area contributed by atoms with Crippen molar-refractivity contribution in [2.45, 2.75) is 33.6 Å². The molecule has 0 aromatic carbocycles. The smallest absolute Gasteiger partial charge is 0.185 e. The van der Waals surface area contributed by atoms with E-state index in [0.29, 0.717) is 0 Å². The molecule has 0 saturated carbocycles. The zero-order valence-electron chi connectivity index (χ0n) is 9.83. The van der Waals surface area contributed by atoms with E-state index in [-0.39, 0.29) is 5.78 Å². The van der Waals surface area contributed by atoms with Crippen LogP contribution in [0, 0.1) is 6.92 Å². The van der Waals surface area contributed by atoms with Crippen molar-refractivity contribution in [1.82, 2.24) is 4.98 Å². The highest BCUT2D eigenvalue weighted by Gasteiger charge is 2.13. The number of hydrogen-bond acceptors (Lipinski definition) is 4. The second-order valence-electron chi connectivity index (χ2n) is 3.74. The molecule has 4 heteroatoms. The van der Waals surface area contributed by atoms with Crippen molar-refractivity contribution >= 4 is 22.3 Å². The first-order valence-electron chi connectivity index (χ1n) is 5.25. The Hall–Kier alpha value is -0.900. The fourth-order valence-electron chi connectivity index (χ4n) is 1.36. The third-order valence-electron chi connectivity index (χ3n) is 2.28. The minimum absolute atomic E-state index is 0.111. The van der Waals surface area contributed by atoms with Crippen LogP contribution in [0.15, 0.2) is 0 Å². The van der Waals surface area contributed by atoms with E-state index in [4.69, 9.17) is 0 Å². The van der Waals surface area contributed by atoms with Gasteiger partial charge in [-0.15, -0.1) is 0 Å². The zero-order valence-corrected chi connectivity index (χ0v) is 10.6. The summed E-state index contributed by atoms with van der Waals surface area (Å²) in [7, 11) is 2.03. The Balaban J connectivity index is 2.78. The number of hydrogen-bond donors (Lipinski definition) is 0. The SMILES string of the molecule is CCCCN(C)c1nc(C)c(C(C)=O)s1. The lowest BCUT2D eigenvalue weighted by molar-refractivity contribution is 0.102. The molecule has 1 heterocycles. The molecule has 0 radical (unpaired) electrons. The number of aryl methyl sites for hydroxylation is 1. The molecule has 0 atom stereocenters. The number of unbranched alkanes of at least 4 members (excludes halogenated alkanes) is 1. The van der Waals surface area contributed by atoms with Crippen LogP contribution in [-0.2, 0) is 0 Å². The number of Topliss-reactive ketones (excluding diaryl/α,β-unsaturated/α-hetero) is 1. The fraction of sp³-hybridized carbons (Fsp3) is 0.636. The van der Waals surface area contributed by atoms with E-state index in [2.05, 4.69) is 16.8 Å². The summed E-state index contributed by atoms with van der Waals surface area (Å²) in [5.41, 5.74) is 0.853. The maximum Gasteiger partial charge on any atom is 0.185 e. The lowest BCUT2D eigenvalue weighted by Gasteiger charge is -2.14. The predicted molar refractivity (Wildman–Crippen MR) is 65.0 cm³/mol. The largest absolute Gasteiger partial charge is 0.351 e. The minimum Gasteiger partial charge on any atom is -0.351 e. The number of carbonyl (C=O) groups is 1. The van der Waals surface area contributed by atoms with Gasteiger partial charge in [0.15, 0.2) is 10.9 Å². The first-order valence-corrected chi connectivity index (χ1v) is 6.07. The first-order chi connectivity index (χ1) is 7.06. The summed E-state index contributed by atoms with van der Waals surface area (Å²) < 4.78 is 0. The van der Waals surface area contributed by atoms with Crippen molar-refractivity contribution in [3.63, 3.8) is 0 Å². The van der Waals surface area contributed by atoms with Gasteiger partial charge in [-0.1, -0.05) is 24.7 Å². The molecule has 15 heavy (non-hydrogen) atoms. The number of carbonyl (C=O) groups excluding carboxylic acids is 1. The highest BCUT2D eigenvalue weighted by atomic mass is 32.1. The van der Waals surface area contributed by atoms with Gasteiger partial charge in [-0.2, -0.15) is 0 Å². The summed E-state index contributed by atoms with van der Waals surface area (Å²) in [5.74, 6) is 0.111. The van der Waals surface area contributed by atoms with Gasteiger partial charge in [0.1, 0.15) is 0 Å². The van der Waals surface area contributed by atoms with E-state index in [1.54, 1.807) is 6.92 Å². The standard InChI is InChI=1S/C11H18N2OS/c1-5-6-7-13(4)11-12-8(2)10(15-11)9(3)14/h5-7H2,1-4H3. The number of thiazole rings is 1. The highest BCUT2D eigenvalue weighted by Crippen LogP contribution is 2.25. The Morgan fingerprint density at radius 1 is 1.53 bits per heavy atom. The number of ketones is 1. The van der Waals surface area contributed by atoms with Crippen LogP contribution in [0.1, 0.15) is 42.1 Å². The number of aromatic nitrogens is 1. The molecule has 0 bridgehead atoms. The van der Waals surface area contributed by atoms with E-state index in [9.17, 15) is 4.79 Å². The molecule has 0 unspecified atom stereocenters. The van der Waals surface area contributed by atoms with Crippen LogP contribution < -0.4 is 4.90 Å². The molecule has 1 aromatic rings. The van der Waals surface area contributed by atoms with Crippen LogP contribution in [-0.4, -0.2) is 24.4 Å². The third-order valence-corrected chi connectivity index (χ3v) is 3.65. The van der Waals surface area contributed by atoms with E-state index >= 15 is 0 Å². The topological polar surface area (TPSA) is 33.2 Å². The fourth-order valence-corrected chi connectivity index (χ4v) is 2.31. The van der Waals surface area contributed by atoms with E-state index < -0.39 is 0 Å². The van der Waals surface area contributed by atoms with Crippen LogP contribution in [0.3, 0.4) is 0 Å². The molecule has 84 valence electrons. The Labute approximate surface area is 95.1 Å².